The summed E-state index contributed by atoms with van der Waals surface area (Å²) in [7, 11) is -2.35. The Morgan fingerprint density at radius 1 is 0.914 bits per heavy atom. The van der Waals surface area contributed by atoms with E-state index in [-0.39, 0.29) is 23.4 Å². The first-order valence-corrected chi connectivity index (χ1v) is 13.1. The van der Waals surface area contributed by atoms with Crippen molar-refractivity contribution in [2.75, 3.05) is 18.0 Å². The van der Waals surface area contributed by atoms with Gasteiger partial charge in [0.15, 0.2) is 0 Å². The first-order chi connectivity index (χ1) is 16.6. The molecule has 0 radical (unpaired) electrons. The molecule has 0 saturated heterocycles. The minimum absolute atomic E-state index is 0.147. The molecule has 0 aliphatic carbocycles. The van der Waals surface area contributed by atoms with Gasteiger partial charge in [-0.2, -0.15) is 0 Å². The van der Waals surface area contributed by atoms with Gasteiger partial charge >= 0.3 is 0 Å². The van der Waals surface area contributed by atoms with E-state index in [1.54, 1.807) is 37.4 Å². The van der Waals surface area contributed by atoms with E-state index in [0.29, 0.717) is 12.1 Å². The Hall–Kier alpha value is -3.32. The SMILES string of the molecule is CCC(NC(=O)CN(c1ccc(C)cc1C)S(=O)(=O)c1ccc(C)cc1)c1ccc(OC)c(C)c1. The highest BCUT2D eigenvalue weighted by Gasteiger charge is 2.29. The summed E-state index contributed by atoms with van der Waals surface area (Å²) in [5, 5.41) is 3.03. The number of amides is 1. The van der Waals surface area contributed by atoms with Crippen LogP contribution in [0.3, 0.4) is 0 Å². The predicted octanol–water partition coefficient (Wildman–Crippen LogP) is 5.39. The van der Waals surface area contributed by atoms with Crippen LogP contribution >= 0.6 is 0 Å². The van der Waals surface area contributed by atoms with Gasteiger partial charge in [0, 0.05) is 0 Å². The van der Waals surface area contributed by atoms with Crippen LogP contribution in [0.2, 0.25) is 0 Å². The zero-order valence-corrected chi connectivity index (χ0v) is 22.1. The normalized spacial score (nSPS) is 12.2. The molecule has 1 unspecified atom stereocenters. The van der Waals surface area contributed by atoms with Gasteiger partial charge in [0.1, 0.15) is 12.3 Å². The summed E-state index contributed by atoms with van der Waals surface area (Å²) in [6, 6.07) is 17.7. The molecule has 0 heterocycles. The van der Waals surface area contributed by atoms with Gasteiger partial charge in [0.2, 0.25) is 5.91 Å². The van der Waals surface area contributed by atoms with Crippen molar-refractivity contribution < 1.29 is 17.9 Å². The number of carbonyl (C=O) groups is 1. The molecule has 7 heteroatoms. The lowest BCUT2D eigenvalue weighted by atomic mass is 10.0. The molecule has 35 heavy (non-hydrogen) atoms. The zero-order valence-electron chi connectivity index (χ0n) is 21.3. The lowest BCUT2D eigenvalue weighted by Gasteiger charge is -2.27. The van der Waals surface area contributed by atoms with Gasteiger partial charge in [-0.05, 0) is 75.1 Å². The molecule has 0 aliphatic rings. The quantitative estimate of drug-likeness (QED) is 0.433. The third-order valence-electron chi connectivity index (χ3n) is 6.08. The first kappa shape index (κ1) is 26.3. The fourth-order valence-corrected chi connectivity index (χ4v) is 5.62. The molecule has 3 aromatic rings. The van der Waals surface area contributed by atoms with Crippen molar-refractivity contribution in [2.45, 2.75) is 52.0 Å². The molecular weight excluding hydrogens is 460 g/mol. The lowest BCUT2D eigenvalue weighted by molar-refractivity contribution is -0.120. The Kier molecular flexibility index (Phi) is 8.22. The van der Waals surface area contributed by atoms with Crippen molar-refractivity contribution in [3.05, 3.63) is 88.5 Å². The zero-order chi connectivity index (χ0) is 25.8. The van der Waals surface area contributed by atoms with Crippen LogP contribution in [-0.2, 0) is 14.8 Å². The maximum atomic E-state index is 13.7. The number of anilines is 1. The van der Waals surface area contributed by atoms with E-state index in [2.05, 4.69) is 5.32 Å². The summed E-state index contributed by atoms with van der Waals surface area (Å²) < 4.78 is 33.9. The number of aryl methyl sites for hydroxylation is 4. The van der Waals surface area contributed by atoms with E-state index in [9.17, 15) is 13.2 Å². The third-order valence-corrected chi connectivity index (χ3v) is 7.86. The summed E-state index contributed by atoms with van der Waals surface area (Å²) in [5.41, 5.74) is 5.16. The van der Waals surface area contributed by atoms with Gasteiger partial charge in [0.05, 0.1) is 23.7 Å². The highest BCUT2D eigenvalue weighted by atomic mass is 32.2. The average Bonchev–Trinajstić information content (AvgIpc) is 2.81. The van der Waals surface area contributed by atoms with Crippen molar-refractivity contribution in [1.29, 1.82) is 0 Å². The largest absolute Gasteiger partial charge is 0.496 e. The number of nitrogens with one attached hydrogen (secondary N) is 1. The number of nitrogens with zero attached hydrogens (tertiary/aromatic N) is 1. The Bertz CT molecular complexity index is 1300. The maximum absolute atomic E-state index is 13.7. The average molecular weight is 495 g/mol. The molecular formula is C28H34N2O4S. The van der Waals surface area contributed by atoms with E-state index in [0.717, 1.165) is 33.6 Å². The monoisotopic (exact) mass is 494 g/mol. The Morgan fingerprint density at radius 2 is 1.57 bits per heavy atom. The van der Waals surface area contributed by atoms with Crippen LogP contribution < -0.4 is 14.4 Å². The molecule has 3 rings (SSSR count). The summed E-state index contributed by atoms with van der Waals surface area (Å²) in [6.45, 7) is 9.31. The number of sulfonamides is 1. The predicted molar refractivity (Wildman–Crippen MR) is 141 cm³/mol. The minimum atomic E-state index is -3.97. The van der Waals surface area contributed by atoms with Crippen molar-refractivity contribution in [1.82, 2.24) is 5.32 Å². The van der Waals surface area contributed by atoms with E-state index in [1.165, 1.54) is 4.31 Å². The van der Waals surface area contributed by atoms with Crippen LogP contribution in [0.4, 0.5) is 5.69 Å². The fourth-order valence-electron chi connectivity index (χ4n) is 4.13. The molecule has 186 valence electrons. The first-order valence-electron chi connectivity index (χ1n) is 11.7. The summed E-state index contributed by atoms with van der Waals surface area (Å²) in [6.07, 6.45) is 0.659. The van der Waals surface area contributed by atoms with Gasteiger partial charge < -0.3 is 10.1 Å². The van der Waals surface area contributed by atoms with Crippen molar-refractivity contribution in [3.63, 3.8) is 0 Å². The summed E-state index contributed by atoms with van der Waals surface area (Å²) in [5.74, 6) is 0.404. The molecule has 1 N–H and O–H groups in total. The number of carbonyl (C=O) groups excluding carboxylic acids is 1. The molecule has 1 atom stereocenters. The van der Waals surface area contributed by atoms with Crippen LogP contribution in [0.5, 0.6) is 5.75 Å². The molecule has 6 nitrogen and oxygen atoms in total. The van der Waals surface area contributed by atoms with Gasteiger partial charge in [-0.3, -0.25) is 9.10 Å². The smallest absolute Gasteiger partial charge is 0.264 e. The Labute approximate surface area is 209 Å². The van der Waals surface area contributed by atoms with Crippen molar-refractivity contribution in [3.8, 4) is 5.75 Å². The van der Waals surface area contributed by atoms with Gasteiger partial charge in [-0.25, -0.2) is 8.42 Å². The molecule has 0 bridgehead atoms. The Morgan fingerprint density at radius 3 is 2.14 bits per heavy atom. The van der Waals surface area contributed by atoms with E-state index in [4.69, 9.17) is 4.74 Å². The van der Waals surface area contributed by atoms with Gasteiger partial charge in [-0.1, -0.05) is 54.4 Å². The minimum Gasteiger partial charge on any atom is -0.496 e. The number of hydrogen-bond acceptors (Lipinski definition) is 4. The Balaban J connectivity index is 1.94. The molecule has 1 amide bonds. The molecule has 3 aromatic carbocycles. The van der Waals surface area contributed by atoms with Crippen LogP contribution in [-0.4, -0.2) is 28.0 Å². The van der Waals surface area contributed by atoms with E-state index < -0.39 is 10.0 Å². The fraction of sp³-hybridized carbons (Fsp3) is 0.321. The summed E-state index contributed by atoms with van der Waals surface area (Å²) >= 11 is 0. The molecule has 0 aromatic heterocycles. The van der Waals surface area contributed by atoms with Crippen molar-refractivity contribution in [2.24, 2.45) is 0 Å². The van der Waals surface area contributed by atoms with Crippen LogP contribution in [0.15, 0.2) is 65.6 Å². The summed E-state index contributed by atoms with van der Waals surface area (Å²) in [4.78, 5) is 13.4. The van der Waals surface area contributed by atoms with Crippen LogP contribution in [0, 0.1) is 27.7 Å². The molecule has 0 fully saturated rings. The maximum Gasteiger partial charge on any atom is 0.264 e. The molecule has 0 saturated carbocycles. The lowest BCUT2D eigenvalue weighted by Crippen LogP contribution is -2.42. The molecule has 0 aliphatic heterocycles. The van der Waals surface area contributed by atoms with E-state index >= 15 is 0 Å². The van der Waals surface area contributed by atoms with Crippen LogP contribution in [0.1, 0.15) is 47.2 Å². The second kappa shape index (κ2) is 11.0. The third kappa shape index (κ3) is 6.03. The highest BCUT2D eigenvalue weighted by molar-refractivity contribution is 7.92. The number of hydrogen-bond donors (Lipinski definition) is 1. The number of methoxy groups -OCH3 is 1. The van der Waals surface area contributed by atoms with Crippen molar-refractivity contribution >= 4 is 21.6 Å². The topological polar surface area (TPSA) is 75.7 Å². The second-order valence-electron chi connectivity index (χ2n) is 8.87. The standard InChI is InChI=1S/C28H34N2O4S/c1-7-25(23-11-15-27(34-6)22(5)17-23)29-28(31)18-30(26-14-10-20(3)16-21(26)4)35(32,33)24-12-8-19(2)9-13-24/h8-17,25H,7,18H2,1-6H3,(H,29,31). The second-order valence-corrected chi connectivity index (χ2v) is 10.7. The number of rotatable bonds is 9. The van der Waals surface area contributed by atoms with Gasteiger partial charge in [-0.15, -0.1) is 0 Å². The van der Waals surface area contributed by atoms with E-state index in [1.807, 2.05) is 65.0 Å². The van der Waals surface area contributed by atoms with Gasteiger partial charge in [0.25, 0.3) is 10.0 Å². The molecule has 0 spiro atoms. The van der Waals surface area contributed by atoms with Crippen LogP contribution in [0.25, 0.3) is 0 Å². The number of benzene rings is 3. The highest BCUT2D eigenvalue weighted by Crippen LogP contribution is 2.28. The number of ether oxygens (including phenoxy) is 1.